The average Bonchev–Trinajstić information content (AvgIpc) is 2.77. The number of pyridine rings is 1. The van der Waals surface area contributed by atoms with Gasteiger partial charge in [-0.1, -0.05) is 18.2 Å². The zero-order chi connectivity index (χ0) is 21.6. The molecule has 160 valence electrons. The molecular weight excluding hydrogens is 388 g/mol. The Morgan fingerprint density at radius 2 is 2.00 bits per heavy atom. The number of allylic oxidation sites excluding steroid dienone is 2. The molecule has 6 nitrogen and oxygen atoms in total. The number of amides is 1. The Bertz CT molecular complexity index is 994. The summed E-state index contributed by atoms with van der Waals surface area (Å²) in [4.78, 5) is 23.1. The van der Waals surface area contributed by atoms with E-state index >= 15 is 0 Å². The van der Waals surface area contributed by atoms with Gasteiger partial charge < -0.3 is 10.1 Å². The SMILES string of the molecule is C/C=C(\C=N/C)c1ccncc1/C=C/C(=O)Nc1ccc(CN2CC3CC(C2)O3)cc1. The minimum absolute atomic E-state index is 0.179. The number of piperidine rings is 1. The van der Waals surface area contributed by atoms with Crippen molar-refractivity contribution < 1.29 is 9.53 Å². The molecular formula is C25H28N4O2. The summed E-state index contributed by atoms with van der Waals surface area (Å²) in [6, 6.07) is 9.97. The summed E-state index contributed by atoms with van der Waals surface area (Å²) in [5.74, 6) is -0.179. The number of hydrogen-bond donors (Lipinski definition) is 1. The molecule has 4 heterocycles. The summed E-state index contributed by atoms with van der Waals surface area (Å²) in [5, 5.41) is 2.92. The lowest BCUT2D eigenvalue weighted by Gasteiger charge is -2.47. The van der Waals surface area contributed by atoms with Gasteiger partial charge in [0.2, 0.25) is 5.91 Å². The standard InChI is InChI=1S/C25H28N4O2/c1-3-19(13-26-2)24-10-11-27-14-20(24)6-9-25(30)28-21-7-4-18(5-8-21)15-29-16-22-12-23(17-29)31-22/h3-11,13-14,22-23H,12,15-17H2,1-2H3,(H,28,30)/b9-6+,19-3+,26-13-. The van der Waals surface area contributed by atoms with Gasteiger partial charge >= 0.3 is 0 Å². The minimum atomic E-state index is -0.179. The highest BCUT2D eigenvalue weighted by Crippen LogP contribution is 2.28. The summed E-state index contributed by atoms with van der Waals surface area (Å²) in [6.07, 6.45) is 12.6. The summed E-state index contributed by atoms with van der Waals surface area (Å²) < 4.78 is 5.69. The van der Waals surface area contributed by atoms with Crippen LogP contribution in [-0.2, 0) is 16.1 Å². The molecule has 2 aromatic rings. The van der Waals surface area contributed by atoms with E-state index in [1.807, 2.05) is 31.2 Å². The molecule has 3 saturated heterocycles. The predicted molar refractivity (Wildman–Crippen MR) is 125 cm³/mol. The van der Waals surface area contributed by atoms with E-state index in [-0.39, 0.29) is 5.91 Å². The number of benzene rings is 1. The van der Waals surface area contributed by atoms with Gasteiger partial charge in [0.05, 0.1) is 12.2 Å². The first kappa shape index (κ1) is 21.2. The lowest BCUT2D eigenvalue weighted by molar-refractivity contribution is -0.182. The molecule has 2 unspecified atom stereocenters. The molecule has 1 amide bonds. The summed E-state index contributed by atoms with van der Waals surface area (Å²) in [7, 11) is 1.74. The summed E-state index contributed by atoms with van der Waals surface area (Å²) in [6.45, 7) is 4.90. The fourth-order valence-electron chi connectivity index (χ4n) is 4.11. The Labute approximate surface area is 183 Å². The number of aliphatic imine (C=N–C) groups is 1. The number of fused-ring (bicyclic) bond motifs is 2. The second-order valence-electron chi connectivity index (χ2n) is 7.92. The third-order valence-corrected chi connectivity index (χ3v) is 5.62. The minimum Gasteiger partial charge on any atom is -0.372 e. The van der Waals surface area contributed by atoms with Crippen molar-refractivity contribution in [3.05, 3.63) is 71.6 Å². The number of rotatable bonds is 7. The predicted octanol–water partition coefficient (Wildman–Crippen LogP) is 3.81. The molecule has 6 heteroatoms. The molecule has 0 spiro atoms. The second kappa shape index (κ2) is 9.81. The molecule has 0 radical (unpaired) electrons. The van der Waals surface area contributed by atoms with Gasteiger partial charge in [-0.3, -0.25) is 19.7 Å². The highest BCUT2D eigenvalue weighted by atomic mass is 16.5. The second-order valence-corrected chi connectivity index (χ2v) is 7.92. The molecule has 1 aromatic carbocycles. The summed E-state index contributed by atoms with van der Waals surface area (Å²) in [5.41, 5.74) is 4.85. The van der Waals surface area contributed by atoms with Crippen LogP contribution < -0.4 is 5.32 Å². The van der Waals surface area contributed by atoms with E-state index in [0.29, 0.717) is 12.2 Å². The molecule has 3 aliphatic heterocycles. The van der Waals surface area contributed by atoms with Gasteiger partial charge in [-0.05, 0) is 47.9 Å². The maximum atomic E-state index is 12.4. The van der Waals surface area contributed by atoms with Gasteiger partial charge in [0.25, 0.3) is 0 Å². The van der Waals surface area contributed by atoms with Crippen molar-refractivity contribution in [2.75, 3.05) is 25.5 Å². The van der Waals surface area contributed by atoms with E-state index in [4.69, 9.17) is 4.74 Å². The third-order valence-electron chi connectivity index (χ3n) is 5.62. The van der Waals surface area contributed by atoms with Crippen LogP contribution in [0.2, 0.25) is 0 Å². The molecule has 1 N–H and O–H groups in total. The van der Waals surface area contributed by atoms with Crippen molar-refractivity contribution in [3.63, 3.8) is 0 Å². The average molecular weight is 417 g/mol. The smallest absolute Gasteiger partial charge is 0.248 e. The summed E-state index contributed by atoms with van der Waals surface area (Å²) >= 11 is 0. The van der Waals surface area contributed by atoms with Gasteiger partial charge in [-0.15, -0.1) is 0 Å². The molecule has 2 atom stereocenters. The number of nitrogens with one attached hydrogen (secondary N) is 1. The molecule has 0 aliphatic carbocycles. The molecule has 31 heavy (non-hydrogen) atoms. The maximum absolute atomic E-state index is 12.4. The fourth-order valence-corrected chi connectivity index (χ4v) is 4.11. The highest BCUT2D eigenvalue weighted by molar-refractivity contribution is 6.11. The van der Waals surface area contributed by atoms with Gasteiger partial charge in [-0.2, -0.15) is 0 Å². The molecule has 3 aliphatic rings. The van der Waals surface area contributed by atoms with E-state index in [9.17, 15) is 4.79 Å². The van der Waals surface area contributed by atoms with Crippen LogP contribution in [0.5, 0.6) is 0 Å². The number of anilines is 1. The molecule has 1 aromatic heterocycles. The van der Waals surface area contributed by atoms with Crippen LogP contribution in [-0.4, -0.2) is 54.4 Å². The molecule has 5 rings (SSSR count). The number of carbonyl (C=O) groups excluding carboxylic acids is 1. The van der Waals surface area contributed by atoms with Gasteiger partial charge in [0.15, 0.2) is 0 Å². The van der Waals surface area contributed by atoms with E-state index < -0.39 is 0 Å². The van der Waals surface area contributed by atoms with Crippen molar-refractivity contribution in [2.24, 2.45) is 4.99 Å². The van der Waals surface area contributed by atoms with E-state index in [1.54, 1.807) is 31.7 Å². The lowest BCUT2D eigenvalue weighted by atomic mass is 9.98. The first-order valence-corrected chi connectivity index (χ1v) is 10.6. The Hall–Kier alpha value is -3.09. The Morgan fingerprint density at radius 3 is 2.68 bits per heavy atom. The third kappa shape index (κ3) is 5.34. The zero-order valence-corrected chi connectivity index (χ0v) is 18.0. The Kier molecular flexibility index (Phi) is 6.70. The first-order valence-electron chi connectivity index (χ1n) is 10.6. The van der Waals surface area contributed by atoms with Crippen molar-refractivity contribution in [1.29, 1.82) is 0 Å². The number of nitrogens with zero attached hydrogens (tertiary/aromatic N) is 3. The topological polar surface area (TPSA) is 66.8 Å². The number of hydrogen-bond acceptors (Lipinski definition) is 5. The van der Waals surface area contributed by atoms with Crippen LogP contribution in [0.1, 0.15) is 30.0 Å². The van der Waals surface area contributed by atoms with Gasteiger partial charge in [-0.25, -0.2) is 0 Å². The van der Waals surface area contributed by atoms with E-state index in [0.717, 1.165) is 42.0 Å². The Balaban J connectivity index is 1.35. The van der Waals surface area contributed by atoms with Crippen molar-refractivity contribution in [3.8, 4) is 0 Å². The number of ether oxygens (including phenoxy) is 1. The monoisotopic (exact) mass is 416 g/mol. The van der Waals surface area contributed by atoms with E-state index in [2.05, 4.69) is 32.3 Å². The van der Waals surface area contributed by atoms with E-state index in [1.165, 1.54) is 18.1 Å². The Morgan fingerprint density at radius 1 is 1.26 bits per heavy atom. The van der Waals surface area contributed by atoms with Crippen molar-refractivity contribution in [1.82, 2.24) is 9.88 Å². The van der Waals surface area contributed by atoms with Crippen LogP contribution in [0.4, 0.5) is 5.69 Å². The number of carbonyl (C=O) groups is 1. The normalized spacial score (nSPS) is 21.4. The fraction of sp³-hybridized carbons (Fsp3) is 0.320. The quantitative estimate of drug-likeness (QED) is 0.551. The zero-order valence-electron chi connectivity index (χ0n) is 18.0. The van der Waals surface area contributed by atoms with Crippen LogP contribution in [0, 0.1) is 0 Å². The van der Waals surface area contributed by atoms with Gasteiger partial charge in [0, 0.05) is 69.0 Å². The number of morpholine rings is 1. The van der Waals surface area contributed by atoms with Crippen molar-refractivity contribution >= 4 is 29.5 Å². The van der Waals surface area contributed by atoms with Gasteiger partial charge in [0.1, 0.15) is 0 Å². The molecule has 2 bridgehead atoms. The lowest BCUT2D eigenvalue weighted by Crippen LogP contribution is -2.56. The first-order chi connectivity index (χ1) is 15.1. The van der Waals surface area contributed by atoms with Crippen LogP contribution >= 0.6 is 0 Å². The molecule has 3 fully saturated rings. The highest BCUT2D eigenvalue weighted by Gasteiger charge is 2.37. The van der Waals surface area contributed by atoms with Crippen LogP contribution in [0.3, 0.4) is 0 Å². The van der Waals surface area contributed by atoms with Crippen LogP contribution in [0.25, 0.3) is 11.6 Å². The maximum Gasteiger partial charge on any atom is 0.248 e. The van der Waals surface area contributed by atoms with Crippen molar-refractivity contribution in [2.45, 2.75) is 32.1 Å². The number of aromatic nitrogens is 1. The largest absolute Gasteiger partial charge is 0.372 e. The molecule has 0 saturated carbocycles. The van der Waals surface area contributed by atoms with Crippen LogP contribution in [0.15, 0.2) is 59.9 Å².